The third kappa shape index (κ3) is 6.19. The largest absolute Gasteiger partial charge is 0.377 e. The van der Waals surface area contributed by atoms with Crippen LogP contribution in [-0.4, -0.2) is 39.7 Å². The molecule has 150 valence electrons. The van der Waals surface area contributed by atoms with Crippen molar-refractivity contribution in [2.24, 2.45) is 10.7 Å². The Bertz CT molecular complexity index is 722. The van der Waals surface area contributed by atoms with Crippen molar-refractivity contribution < 1.29 is 13.2 Å². The summed E-state index contributed by atoms with van der Waals surface area (Å²) >= 11 is 0. The molecule has 8 heteroatoms. The molecule has 7 nitrogen and oxygen atoms in total. The van der Waals surface area contributed by atoms with Gasteiger partial charge in [-0.15, -0.1) is 0 Å². The van der Waals surface area contributed by atoms with Crippen molar-refractivity contribution >= 4 is 16.0 Å². The van der Waals surface area contributed by atoms with Gasteiger partial charge in [0.05, 0.1) is 17.5 Å². The van der Waals surface area contributed by atoms with Gasteiger partial charge in [0.25, 0.3) is 0 Å². The first-order valence-electron chi connectivity index (χ1n) is 9.79. The van der Waals surface area contributed by atoms with Gasteiger partial charge in [-0.25, -0.2) is 18.1 Å². The fourth-order valence-corrected chi connectivity index (χ4v) is 4.61. The molecule has 1 aromatic rings. The van der Waals surface area contributed by atoms with Crippen LogP contribution in [0.3, 0.4) is 0 Å². The van der Waals surface area contributed by atoms with Crippen LogP contribution in [0, 0.1) is 0 Å². The van der Waals surface area contributed by atoms with Crippen LogP contribution in [0.1, 0.15) is 50.5 Å². The van der Waals surface area contributed by atoms with Crippen molar-refractivity contribution in [3.05, 3.63) is 29.8 Å². The molecule has 1 aromatic carbocycles. The Kier molecular flexibility index (Phi) is 7.09. The second-order valence-electron chi connectivity index (χ2n) is 7.31. The molecule has 1 atom stereocenters. The van der Waals surface area contributed by atoms with Crippen LogP contribution in [-0.2, 0) is 21.3 Å². The van der Waals surface area contributed by atoms with Crippen LogP contribution in [0.4, 0.5) is 0 Å². The van der Waals surface area contributed by atoms with Crippen LogP contribution in [0.15, 0.2) is 34.2 Å². The van der Waals surface area contributed by atoms with Gasteiger partial charge in [-0.2, -0.15) is 0 Å². The molecular weight excluding hydrogens is 364 g/mol. The van der Waals surface area contributed by atoms with E-state index in [1.165, 1.54) is 19.3 Å². The van der Waals surface area contributed by atoms with E-state index in [2.05, 4.69) is 15.0 Å². The molecular formula is C19H30N4O3S. The highest BCUT2D eigenvalue weighted by atomic mass is 32.2. The van der Waals surface area contributed by atoms with Crippen LogP contribution in [0.5, 0.6) is 0 Å². The summed E-state index contributed by atoms with van der Waals surface area (Å²) in [5, 5.41) is 3.28. The number of nitrogens with zero attached hydrogens (tertiary/aromatic N) is 1. The molecule has 1 saturated carbocycles. The molecule has 27 heavy (non-hydrogen) atoms. The molecule has 1 aliphatic heterocycles. The maximum atomic E-state index is 12.4. The summed E-state index contributed by atoms with van der Waals surface area (Å²) in [4.78, 5) is 4.62. The van der Waals surface area contributed by atoms with Gasteiger partial charge in [0, 0.05) is 19.2 Å². The molecule has 0 aromatic heterocycles. The van der Waals surface area contributed by atoms with Crippen molar-refractivity contribution in [3.63, 3.8) is 0 Å². The number of sulfonamides is 1. The molecule has 0 radical (unpaired) electrons. The number of hydrogen-bond acceptors (Lipinski definition) is 4. The molecule has 1 aliphatic carbocycles. The van der Waals surface area contributed by atoms with E-state index in [0.717, 1.165) is 31.2 Å². The van der Waals surface area contributed by atoms with E-state index in [9.17, 15) is 8.42 Å². The fourth-order valence-electron chi connectivity index (χ4n) is 3.54. The van der Waals surface area contributed by atoms with Crippen molar-refractivity contribution in [1.82, 2.24) is 10.0 Å². The summed E-state index contributed by atoms with van der Waals surface area (Å²) in [5.41, 5.74) is 6.89. The second-order valence-corrected chi connectivity index (χ2v) is 9.08. The van der Waals surface area contributed by atoms with Crippen LogP contribution >= 0.6 is 0 Å². The molecule has 0 spiro atoms. The highest BCUT2D eigenvalue weighted by Crippen LogP contribution is 2.17. The SMILES string of the molecule is NC(=NCc1ccc(S(=O)(=O)NCC2CCCO2)cc1)NC1CCCCC1. The van der Waals surface area contributed by atoms with Crippen molar-refractivity contribution in [3.8, 4) is 0 Å². The molecule has 3 rings (SSSR count). The number of rotatable bonds is 7. The fraction of sp³-hybridized carbons (Fsp3) is 0.632. The molecule has 0 bridgehead atoms. The smallest absolute Gasteiger partial charge is 0.240 e. The van der Waals surface area contributed by atoms with Gasteiger partial charge in [0.2, 0.25) is 10.0 Å². The Morgan fingerprint density at radius 1 is 1.11 bits per heavy atom. The monoisotopic (exact) mass is 394 g/mol. The van der Waals surface area contributed by atoms with E-state index in [1.54, 1.807) is 24.3 Å². The van der Waals surface area contributed by atoms with Gasteiger partial charge in [-0.1, -0.05) is 31.4 Å². The molecule has 2 fully saturated rings. The van der Waals surface area contributed by atoms with E-state index in [1.807, 2.05) is 0 Å². The summed E-state index contributed by atoms with van der Waals surface area (Å²) in [7, 11) is -3.52. The minimum absolute atomic E-state index is 0.0203. The molecule has 4 N–H and O–H groups in total. The zero-order chi connectivity index (χ0) is 19.1. The maximum absolute atomic E-state index is 12.4. The van der Waals surface area contributed by atoms with E-state index < -0.39 is 10.0 Å². The zero-order valence-electron chi connectivity index (χ0n) is 15.7. The summed E-state index contributed by atoms with van der Waals surface area (Å²) in [6, 6.07) is 7.18. The number of guanidine groups is 1. The van der Waals surface area contributed by atoms with Crippen molar-refractivity contribution in [2.75, 3.05) is 13.2 Å². The zero-order valence-corrected chi connectivity index (χ0v) is 16.5. The third-order valence-corrected chi connectivity index (χ3v) is 6.59. The predicted molar refractivity (Wildman–Crippen MR) is 106 cm³/mol. The molecule has 1 heterocycles. The van der Waals surface area contributed by atoms with E-state index in [4.69, 9.17) is 10.5 Å². The minimum Gasteiger partial charge on any atom is -0.377 e. The minimum atomic E-state index is -3.52. The number of hydrogen-bond donors (Lipinski definition) is 3. The van der Waals surface area contributed by atoms with Gasteiger partial charge in [-0.3, -0.25) is 0 Å². The molecule has 1 unspecified atom stereocenters. The first-order chi connectivity index (χ1) is 13.0. The number of aliphatic imine (C=N–C) groups is 1. The van der Waals surface area contributed by atoms with Gasteiger partial charge in [0.1, 0.15) is 0 Å². The lowest BCUT2D eigenvalue weighted by Gasteiger charge is -2.23. The van der Waals surface area contributed by atoms with E-state index in [0.29, 0.717) is 31.7 Å². The van der Waals surface area contributed by atoms with E-state index >= 15 is 0 Å². The highest BCUT2D eigenvalue weighted by Gasteiger charge is 2.20. The predicted octanol–water partition coefficient (Wildman–Crippen LogP) is 1.88. The Morgan fingerprint density at radius 2 is 1.85 bits per heavy atom. The summed E-state index contributed by atoms with van der Waals surface area (Å²) in [6.45, 7) is 1.45. The lowest BCUT2D eigenvalue weighted by atomic mass is 9.96. The normalized spacial score (nSPS) is 22.1. The van der Waals surface area contributed by atoms with Gasteiger partial charge in [0.15, 0.2) is 5.96 Å². The molecule has 0 amide bonds. The molecule has 2 aliphatic rings. The number of nitrogens with two attached hydrogens (primary N) is 1. The van der Waals surface area contributed by atoms with Crippen molar-refractivity contribution in [1.29, 1.82) is 0 Å². The highest BCUT2D eigenvalue weighted by molar-refractivity contribution is 7.89. The maximum Gasteiger partial charge on any atom is 0.240 e. The van der Waals surface area contributed by atoms with Gasteiger partial charge < -0.3 is 15.8 Å². The van der Waals surface area contributed by atoms with Crippen LogP contribution < -0.4 is 15.8 Å². The first kappa shape index (κ1) is 20.1. The summed E-state index contributed by atoms with van der Waals surface area (Å²) in [5.74, 6) is 0.455. The summed E-state index contributed by atoms with van der Waals surface area (Å²) in [6.07, 6.45) is 7.92. The quantitative estimate of drug-likeness (QED) is 0.484. The summed E-state index contributed by atoms with van der Waals surface area (Å²) < 4.78 is 32.8. The van der Waals surface area contributed by atoms with Gasteiger partial charge in [-0.05, 0) is 43.4 Å². The van der Waals surface area contributed by atoms with Crippen LogP contribution in [0.2, 0.25) is 0 Å². The number of ether oxygens (including phenoxy) is 1. The lowest BCUT2D eigenvalue weighted by molar-refractivity contribution is 0.114. The topological polar surface area (TPSA) is 106 Å². The Labute approximate surface area is 161 Å². The first-order valence-corrected chi connectivity index (χ1v) is 11.3. The average Bonchev–Trinajstić information content (AvgIpc) is 3.20. The van der Waals surface area contributed by atoms with Crippen LogP contribution in [0.25, 0.3) is 0 Å². The Hall–Kier alpha value is -1.64. The Balaban J connectivity index is 1.50. The van der Waals surface area contributed by atoms with E-state index in [-0.39, 0.29) is 11.0 Å². The van der Waals surface area contributed by atoms with Crippen molar-refractivity contribution in [2.45, 2.75) is 68.5 Å². The lowest BCUT2D eigenvalue weighted by Crippen LogP contribution is -2.41. The average molecular weight is 395 g/mol. The second kappa shape index (κ2) is 9.52. The Morgan fingerprint density at radius 3 is 2.52 bits per heavy atom. The number of benzene rings is 1. The molecule has 1 saturated heterocycles. The van der Waals surface area contributed by atoms with Gasteiger partial charge >= 0.3 is 0 Å². The number of nitrogens with one attached hydrogen (secondary N) is 2. The third-order valence-electron chi connectivity index (χ3n) is 5.15. The standard InChI is InChI=1S/C19H30N4O3S/c20-19(23-16-5-2-1-3-6-16)21-13-15-8-10-18(11-9-15)27(24,25)22-14-17-7-4-12-26-17/h8-11,16-17,22H,1-7,12-14H2,(H3,20,21,23).